The number of anilines is 1. The lowest BCUT2D eigenvalue weighted by atomic mass is 10.2. The molecule has 0 bridgehead atoms. The second kappa shape index (κ2) is 5.68. The highest BCUT2D eigenvalue weighted by atomic mass is 16.6. The third-order valence-corrected chi connectivity index (χ3v) is 1.77. The monoisotopic (exact) mass is 252 g/mol. The summed E-state index contributed by atoms with van der Waals surface area (Å²) in [6.07, 6.45) is 2.11. The molecule has 0 spiro atoms. The van der Waals surface area contributed by atoms with Gasteiger partial charge >= 0.3 is 13.8 Å². The summed E-state index contributed by atoms with van der Waals surface area (Å²) in [6.45, 7) is 5.31. The van der Waals surface area contributed by atoms with Gasteiger partial charge in [-0.15, -0.1) is 0 Å². The van der Waals surface area contributed by atoms with E-state index in [1.54, 1.807) is 20.8 Å². The van der Waals surface area contributed by atoms with Gasteiger partial charge in [-0.1, -0.05) is 0 Å². The average molecular weight is 252 g/mol. The topological polar surface area (TPSA) is 84.8 Å². The second-order valence-electron chi connectivity index (χ2n) is 4.48. The first-order chi connectivity index (χ1) is 8.33. The molecule has 0 aliphatic heterocycles. The Bertz CT molecular complexity index is 405. The zero-order valence-electron chi connectivity index (χ0n) is 10.7. The fourth-order valence-corrected chi connectivity index (χ4v) is 1.02. The quantitative estimate of drug-likeness (QED) is 0.799. The Morgan fingerprint density at radius 1 is 1.39 bits per heavy atom. The number of ether oxygens (including phenoxy) is 1. The van der Waals surface area contributed by atoms with Crippen LogP contribution >= 0.6 is 0 Å². The summed E-state index contributed by atoms with van der Waals surface area (Å²) in [5.74, 6) is 0.438. The second-order valence-corrected chi connectivity index (χ2v) is 4.48. The van der Waals surface area contributed by atoms with Crippen LogP contribution in [0.5, 0.6) is 5.75 Å². The summed E-state index contributed by atoms with van der Waals surface area (Å²) in [6, 6.07) is 0. The summed E-state index contributed by atoms with van der Waals surface area (Å²) < 4.78 is 9.81. The number of aromatic nitrogens is 2. The lowest BCUT2D eigenvalue weighted by Gasteiger charge is -2.23. The van der Waals surface area contributed by atoms with Crippen molar-refractivity contribution >= 4 is 19.7 Å². The van der Waals surface area contributed by atoms with Gasteiger partial charge in [0.15, 0.2) is 0 Å². The van der Waals surface area contributed by atoms with Gasteiger partial charge in [-0.25, -0.2) is 19.7 Å². The van der Waals surface area contributed by atoms with E-state index in [9.17, 15) is 4.79 Å². The van der Waals surface area contributed by atoms with Crippen molar-refractivity contribution in [3.8, 4) is 5.75 Å². The molecule has 1 aromatic heterocycles. The summed E-state index contributed by atoms with van der Waals surface area (Å²) in [5.41, 5.74) is -0.583. The third-order valence-electron chi connectivity index (χ3n) is 1.77. The van der Waals surface area contributed by atoms with Crippen LogP contribution in [0.2, 0.25) is 0 Å². The first-order valence-corrected chi connectivity index (χ1v) is 5.25. The van der Waals surface area contributed by atoms with Crippen LogP contribution in [0.3, 0.4) is 0 Å². The predicted molar refractivity (Wildman–Crippen MR) is 65.3 cm³/mol. The van der Waals surface area contributed by atoms with Crippen LogP contribution in [0.15, 0.2) is 12.4 Å². The molecule has 0 fully saturated rings. The van der Waals surface area contributed by atoms with Crippen LogP contribution < -0.4 is 9.55 Å². The van der Waals surface area contributed by atoms with Crippen molar-refractivity contribution in [2.75, 3.05) is 11.9 Å². The van der Waals surface area contributed by atoms with E-state index >= 15 is 0 Å². The summed E-state index contributed by atoms with van der Waals surface area (Å²) in [7, 11) is 2.03. The van der Waals surface area contributed by atoms with Gasteiger partial charge in [-0.05, 0) is 20.8 Å². The highest BCUT2D eigenvalue weighted by Gasteiger charge is 2.21. The number of carbonyl (C=O) groups excluding carboxylic acids is 1. The molecule has 97 valence electrons. The summed E-state index contributed by atoms with van der Waals surface area (Å²) in [5, 5.41) is 8.43. The van der Waals surface area contributed by atoms with E-state index in [2.05, 4.69) is 14.6 Å². The number of amides is 1. The number of rotatable bonds is 3. The molecular weight excluding hydrogens is 237 g/mol. The van der Waals surface area contributed by atoms with Crippen LogP contribution in [0, 0.1) is 0 Å². The minimum Gasteiger partial charge on any atom is -0.535 e. The van der Waals surface area contributed by atoms with Crippen molar-refractivity contribution in [1.82, 2.24) is 9.97 Å². The van der Waals surface area contributed by atoms with E-state index < -0.39 is 11.7 Å². The first-order valence-electron chi connectivity index (χ1n) is 5.25. The molecule has 18 heavy (non-hydrogen) atoms. The Morgan fingerprint density at radius 3 is 2.39 bits per heavy atom. The Hall–Kier alpha value is -1.83. The minimum atomic E-state index is -0.583. The Labute approximate surface area is 106 Å². The first kappa shape index (κ1) is 14.2. The van der Waals surface area contributed by atoms with Gasteiger partial charge in [0, 0.05) is 7.05 Å². The molecule has 7 nitrogen and oxygen atoms in total. The fourth-order valence-electron chi connectivity index (χ4n) is 1.02. The van der Waals surface area contributed by atoms with E-state index in [0.717, 1.165) is 0 Å². The molecule has 0 aliphatic rings. The van der Waals surface area contributed by atoms with Crippen LogP contribution in [-0.4, -0.2) is 41.4 Å². The van der Waals surface area contributed by atoms with Crippen molar-refractivity contribution in [3.05, 3.63) is 12.4 Å². The van der Waals surface area contributed by atoms with Gasteiger partial charge in [0.25, 0.3) is 0 Å². The summed E-state index contributed by atoms with van der Waals surface area (Å²) in [4.78, 5) is 20.7. The normalized spacial score (nSPS) is 10.7. The Balaban J connectivity index is 2.71. The Kier molecular flexibility index (Phi) is 4.49. The standard InChI is InChI=1S/C10H15BN3O4/c1-10(2,3)17-9(15)14(4)8-12-5-7(6-13-8)18-11-16/h5-6,16H,1-4H3. The molecule has 0 unspecified atom stereocenters. The van der Waals surface area contributed by atoms with Crippen molar-refractivity contribution < 1.29 is 19.2 Å². The molecule has 0 atom stereocenters. The van der Waals surface area contributed by atoms with E-state index in [4.69, 9.17) is 9.76 Å². The maximum Gasteiger partial charge on any atom is 0.569 e. The molecule has 1 aromatic rings. The lowest BCUT2D eigenvalue weighted by Crippen LogP contribution is -2.35. The number of nitrogens with zero attached hydrogens (tertiary/aromatic N) is 3. The smallest absolute Gasteiger partial charge is 0.535 e. The van der Waals surface area contributed by atoms with Gasteiger partial charge in [0.2, 0.25) is 5.95 Å². The number of hydrogen-bond acceptors (Lipinski definition) is 6. The van der Waals surface area contributed by atoms with E-state index in [-0.39, 0.29) is 11.7 Å². The van der Waals surface area contributed by atoms with Crippen molar-refractivity contribution in [2.24, 2.45) is 0 Å². The molecule has 0 aliphatic carbocycles. The molecule has 1 N–H and O–H groups in total. The van der Waals surface area contributed by atoms with Crippen LogP contribution in [0.25, 0.3) is 0 Å². The zero-order chi connectivity index (χ0) is 13.8. The highest BCUT2D eigenvalue weighted by molar-refractivity contribution is 6.17. The van der Waals surface area contributed by atoms with E-state index in [1.807, 2.05) is 0 Å². The van der Waals surface area contributed by atoms with E-state index in [0.29, 0.717) is 7.69 Å². The van der Waals surface area contributed by atoms with Gasteiger partial charge in [0.05, 0.1) is 12.4 Å². The minimum absolute atomic E-state index is 0.175. The molecule has 1 heterocycles. The maximum absolute atomic E-state index is 11.7. The van der Waals surface area contributed by atoms with Crippen molar-refractivity contribution in [2.45, 2.75) is 26.4 Å². The molecule has 0 saturated carbocycles. The molecule has 0 saturated heterocycles. The Morgan fingerprint density at radius 2 is 1.94 bits per heavy atom. The maximum atomic E-state index is 11.7. The van der Waals surface area contributed by atoms with Crippen molar-refractivity contribution in [3.63, 3.8) is 0 Å². The SMILES string of the molecule is CN(C(=O)OC(C)(C)C)c1ncc(O[B]O)cn1. The highest BCUT2D eigenvalue weighted by Crippen LogP contribution is 2.14. The zero-order valence-corrected chi connectivity index (χ0v) is 10.7. The van der Waals surface area contributed by atoms with Gasteiger partial charge < -0.3 is 14.4 Å². The van der Waals surface area contributed by atoms with Crippen LogP contribution in [0.1, 0.15) is 20.8 Å². The molecule has 8 heteroatoms. The van der Waals surface area contributed by atoms with Crippen molar-refractivity contribution in [1.29, 1.82) is 0 Å². The number of hydrogen-bond donors (Lipinski definition) is 1. The lowest BCUT2D eigenvalue weighted by molar-refractivity contribution is 0.0587. The molecule has 1 rings (SSSR count). The predicted octanol–water partition coefficient (Wildman–Crippen LogP) is 0.753. The van der Waals surface area contributed by atoms with E-state index in [1.165, 1.54) is 24.3 Å². The summed E-state index contributed by atoms with van der Waals surface area (Å²) >= 11 is 0. The van der Waals surface area contributed by atoms with Gasteiger partial charge in [-0.3, -0.25) is 0 Å². The van der Waals surface area contributed by atoms with Crippen LogP contribution in [0.4, 0.5) is 10.7 Å². The molecule has 1 radical (unpaired) electrons. The number of carbonyl (C=O) groups is 1. The molecule has 1 amide bonds. The van der Waals surface area contributed by atoms with Gasteiger partial charge in [-0.2, -0.15) is 0 Å². The fraction of sp³-hybridized carbons (Fsp3) is 0.500. The van der Waals surface area contributed by atoms with Crippen LogP contribution in [-0.2, 0) is 4.74 Å². The molecule has 0 aromatic carbocycles. The average Bonchev–Trinajstić information content (AvgIpc) is 2.27. The largest absolute Gasteiger partial charge is 0.569 e. The third kappa shape index (κ3) is 4.21. The molecular formula is C10H15BN3O4. The van der Waals surface area contributed by atoms with Gasteiger partial charge in [0.1, 0.15) is 11.4 Å².